The van der Waals surface area contributed by atoms with Crippen LogP contribution in [0.3, 0.4) is 0 Å². The Hall–Kier alpha value is -1.57. The smallest absolute Gasteiger partial charge is 0.209 e. The average molecular weight is 426 g/mol. The zero-order valence-corrected chi connectivity index (χ0v) is 15.8. The van der Waals surface area contributed by atoms with E-state index >= 15 is 0 Å². The number of ether oxygens (including phenoxy) is 1. The molecule has 0 saturated heterocycles. The number of tetrazole rings is 1. The monoisotopic (exact) mass is 424 g/mol. The molecule has 0 N–H and O–H groups in total. The predicted molar refractivity (Wildman–Crippen MR) is 98.7 cm³/mol. The topological polar surface area (TPSA) is 52.8 Å². The maximum Gasteiger partial charge on any atom is 0.209 e. The lowest BCUT2D eigenvalue weighted by Crippen LogP contribution is -2.06. The second-order valence-corrected chi connectivity index (χ2v) is 7.23. The van der Waals surface area contributed by atoms with Crippen molar-refractivity contribution < 1.29 is 4.74 Å². The normalized spacial score (nSPS) is 10.8. The Morgan fingerprint density at radius 2 is 2.00 bits per heavy atom. The largest absolute Gasteiger partial charge is 0.492 e. The third-order valence-electron chi connectivity index (χ3n) is 3.14. The molecule has 0 bridgehead atoms. The van der Waals surface area contributed by atoms with Gasteiger partial charge in [0.15, 0.2) is 0 Å². The van der Waals surface area contributed by atoms with Crippen molar-refractivity contribution in [1.29, 1.82) is 0 Å². The molecule has 0 saturated carbocycles. The van der Waals surface area contributed by atoms with Crippen LogP contribution in [-0.4, -0.2) is 32.6 Å². The fraction of sp³-hybridized carbons (Fsp3) is 0.188. The van der Waals surface area contributed by atoms with Crippen molar-refractivity contribution in [1.82, 2.24) is 20.2 Å². The van der Waals surface area contributed by atoms with Crippen molar-refractivity contribution in [2.75, 3.05) is 12.4 Å². The first-order valence-corrected chi connectivity index (χ1v) is 9.39. The molecule has 0 aliphatic heterocycles. The standard InChI is InChI=1S/C16H14BrClN4OS/c17-14-10-13(18)6-7-15(14)23-8-9-24-16-19-20-21-22(16)11-12-4-2-1-3-5-12/h1-7,10H,8-9,11H2. The lowest BCUT2D eigenvalue weighted by atomic mass is 10.2. The van der Waals surface area contributed by atoms with E-state index in [2.05, 4.69) is 43.6 Å². The number of rotatable bonds is 7. The molecule has 5 nitrogen and oxygen atoms in total. The molecule has 0 spiro atoms. The molecule has 2 aromatic carbocycles. The Kier molecular flexibility index (Phi) is 6.12. The van der Waals surface area contributed by atoms with Crippen LogP contribution in [0, 0.1) is 0 Å². The van der Waals surface area contributed by atoms with Crippen LogP contribution in [-0.2, 0) is 6.54 Å². The molecule has 1 heterocycles. The van der Waals surface area contributed by atoms with Crippen LogP contribution in [0.2, 0.25) is 5.02 Å². The Morgan fingerprint density at radius 1 is 1.17 bits per heavy atom. The van der Waals surface area contributed by atoms with Crippen molar-refractivity contribution in [3.8, 4) is 5.75 Å². The molecule has 1 aromatic heterocycles. The Bertz CT molecular complexity index is 800. The van der Waals surface area contributed by atoms with Gasteiger partial charge in [0.2, 0.25) is 5.16 Å². The summed E-state index contributed by atoms with van der Waals surface area (Å²) in [5.41, 5.74) is 1.16. The molecule has 8 heteroatoms. The first-order valence-electron chi connectivity index (χ1n) is 7.23. The fourth-order valence-corrected chi connectivity index (χ4v) is 3.52. The van der Waals surface area contributed by atoms with Gasteiger partial charge in [-0.1, -0.05) is 53.7 Å². The first kappa shape index (κ1) is 17.3. The van der Waals surface area contributed by atoms with E-state index in [9.17, 15) is 0 Å². The number of hydrogen-bond acceptors (Lipinski definition) is 5. The zero-order chi connectivity index (χ0) is 16.8. The summed E-state index contributed by atoms with van der Waals surface area (Å²) in [6.45, 7) is 1.20. The summed E-state index contributed by atoms with van der Waals surface area (Å²) in [5.74, 6) is 1.51. The lowest BCUT2D eigenvalue weighted by molar-refractivity contribution is 0.341. The summed E-state index contributed by atoms with van der Waals surface area (Å²) >= 11 is 10.9. The van der Waals surface area contributed by atoms with Gasteiger partial charge in [0.1, 0.15) is 5.75 Å². The molecule has 0 amide bonds. The van der Waals surface area contributed by atoms with Crippen LogP contribution in [0.15, 0.2) is 58.2 Å². The van der Waals surface area contributed by atoms with E-state index in [4.69, 9.17) is 16.3 Å². The van der Waals surface area contributed by atoms with Crippen molar-refractivity contribution >= 4 is 39.3 Å². The molecule has 3 aromatic rings. The van der Waals surface area contributed by atoms with Gasteiger partial charge in [0.25, 0.3) is 0 Å². The van der Waals surface area contributed by atoms with Gasteiger partial charge in [-0.05, 0) is 50.1 Å². The highest BCUT2D eigenvalue weighted by molar-refractivity contribution is 9.10. The lowest BCUT2D eigenvalue weighted by Gasteiger charge is -2.08. The summed E-state index contributed by atoms with van der Waals surface area (Å²) in [7, 11) is 0. The van der Waals surface area contributed by atoms with Gasteiger partial charge < -0.3 is 4.74 Å². The molecule has 3 rings (SSSR count). The molecule has 0 fully saturated rings. The first-order chi connectivity index (χ1) is 11.7. The molecule has 0 aliphatic rings. The van der Waals surface area contributed by atoms with Gasteiger partial charge in [-0.2, -0.15) is 0 Å². The summed E-state index contributed by atoms with van der Waals surface area (Å²) in [4.78, 5) is 0. The highest BCUT2D eigenvalue weighted by Gasteiger charge is 2.08. The summed E-state index contributed by atoms with van der Waals surface area (Å²) in [6, 6.07) is 15.6. The van der Waals surface area contributed by atoms with Gasteiger partial charge in [-0.3, -0.25) is 0 Å². The van der Waals surface area contributed by atoms with Gasteiger partial charge in [0.05, 0.1) is 17.6 Å². The molecule has 124 valence electrons. The van der Waals surface area contributed by atoms with Crippen molar-refractivity contribution in [3.63, 3.8) is 0 Å². The molecule has 0 radical (unpaired) electrons. The van der Waals surface area contributed by atoms with Gasteiger partial charge in [-0.15, -0.1) is 5.10 Å². The van der Waals surface area contributed by atoms with E-state index in [1.807, 2.05) is 30.3 Å². The average Bonchev–Trinajstić information content (AvgIpc) is 3.01. The van der Waals surface area contributed by atoms with Crippen molar-refractivity contribution in [2.45, 2.75) is 11.7 Å². The third kappa shape index (κ3) is 4.72. The van der Waals surface area contributed by atoms with E-state index < -0.39 is 0 Å². The summed E-state index contributed by atoms with van der Waals surface area (Å²) < 4.78 is 8.38. The Labute approximate surface area is 157 Å². The molecular weight excluding hydrogens is 412 g/mol. The third-order valence-corrected chi connectivity index (χ3v) is 4.92. The minimum Gasteiger partial charge on any atom is -0.492 e. The second-order valence-electron chi connectivity index (χ2n) is 4.88. The van der Waals surface area contributed by atoms with Crippen LogP contribution < -0.4 is 4.74 Å². The van der Waals surface area contributed by atoms with Crippen LogP contribution in [0.4, 0.5) is 0 Å². The minimum absolute atomic E-state index is 0.545. The van der Waals surface area contributed by atoms with Crippen LogP contribution in [0.5, 0.6) is 5.75 Å². The van der Waals surface area contributed by atoms with Crippen molar-refractivity contribution in [2.24, 2.45) is 0 Å². The number of benzene rings is 2. The summed E-state index contributed by atoms with van der Waals surface area (Å²) in [5, 5.41) is 13.3. The van der Waals surface area contributed by atoms with Crippen molar-refractivity contribution in [3.05, 3.63) is 63.6 Å². The maximum atomic E-state index is 5.92. The SMILES string of the molecule is Clc1ccc(OCCSc2nnnn2Cc2ccccc2)c(Br)c1. The predicted octanol–water partition coefficient (Wildman–Crippen LogP) is 4.31. The maximum absolute atomic E-state index is 5.92. The molecular formula is C16H14BrClN4OS. The molecule has 0 aliphatic carbocycles. The van der Waals surface area contributed by atoms with E-state index in [1.165, 1.54) is 0 Å². The van der Waals surface area contributed by atoms with E-state index in [1.54, 1.807) is 22.5 Å². The second kappa shape index (κ2) is 8.50. The molecule has 0 unspecified atom stereocenters. The zero-order valence-electron chi connectivity index (χ0n) is 12.6. The van der Waals surface area contributed by atoms with Crippen LogP contribution in [0.1, 0.15) is 5.56 Å². The number of halogens is 2. The Morgan fingerprint density at radius 3 is 2.79 bits per heavy atom. The quantitative estimate of drug-likeness (QED) is 0.417. The Balaban J connectivity index is 1.51. The van der Waals surface area contributed by atoms with Gasteiger partial charge in [0, 0.05) is 10.8 Å². The molecule has 0 atom stereocenters. The summed E-state index contributed by atoms with van der Waals surface area (Å²) in [6.07, 6.45) is 0. The molecule has 24 heavy (non-hydrogen) atoms. The van der Waals surface area contributed by atoms with Gasteiger partial charge >= 0.3 is 0 Å². The highest BCUT2D eigenvalue weighted by Crippen LogP contribution is 2.28. The number of aromatic nitrogens is 4. The van der Waals surface area contributed by atoms with E-state index in [-0.39, 0.29) is 0 Å². The van der Waals surface area contributed by atoms with Crippen LogP contribution in [0.25, 0.3) is 0 Å². The number of thioether (sulfide) groups is 1. The highest BCUT2D eigenvalue weighted by atomic mass is 79.9. The van der Waals surface area contributed by atoms with E-state index in [0.717, 1.165) is 26.7 Å². The van der Waals surface area contributed by atoms with Crippen LogP contribution >= 0.6 is 39.3 Å². The van der Waals surface area contributed by atoms with E-state index in [0.29, 0.717) is 18.2 Å². The number of nitrogens with zero attached hydrogens (tertiary/aromatic N) is 4. The van der Waals surface area contributed by atoms with Gasteiger partial charge in [-0.25, -0.2) is 4.68 Å². The number of hydrogen-bond donors (Lipinski definition) is 0. The minimum atomic E-state index is 0.545. The fourth-order valence-electron chi connectivity index (χ4n) is 2.03.